The average molecular weight is 468 g/mol. The third-order valence-electron chi connectivity index (χ3n) is 7.82. The lowest BCUT2D eigenvalue weighted by molar-refractivity contribution is -0.128. The van der Waals surface area contributed by atoms with Crippen molar-refractivity contribution in [2.75, 3.05) is 32.1 Å². The molecule has 3 fully saturated rings. The Balaban J connectivity index is 1.41. The van der Waals surface area contributed by atoms with Gasteiger partial charge >= 0.3 is 0 Å². The van der Waals surface area contributed by atoms with Crippen molar-refractivity contribution >= 4 is 21.6 Å². The quantitative estimate of drug-likeness (QED) is 0.573. The number of hydrogen-bond donors (Lipinski definition) is 0. The lowest BCUT2D eigenvalue weighted by Crippen LogP contribution is -2.52. The number of hydrogen-bond acceptors (Lipinski definition) is 6. The maximum absolute atomic E-state index is 14.0. The fraction of sp³-hybridized carbons (Fsp3) is 0.652. The topological polar surface area (TPSA) is 90.0 Å². The third-order valence-corrected chi connectivity index (χ3v) is 9.79. The van der Waals surface area contributed by atoms with Crippen LogP contribution in [0.1, 0.15) is 50.4 Å². The number of ether oxygens (including phenoxy) is 2. The Hall–Kier alpha value is -1.84. The number of benzene rings is 1. The van der Waals surface area contributed by atoms with Crippen molar-refractivity contribution in [2.45, 2.75) is 46.1 Å². The van der Waals surface area contributed by atoms with E-state index in [2.05, 4.69) is 0 Å². The molecule has 3 aliphatic rings. The highest BCUT2D eigenvalue weighted by Crippen LogP contribution is 2.64. The fourth-order valence-corrected chi connectivity index (χ4v) is 7.85. The smallest absolute Gasteiger partial charge is 0.215 e. The number of Topliss-reactive ketones (excluding diaryl/α,β-unsaturated/α-hetero) is 2. The Morgan fingerprint density at radius 3 is 2.69 bits per heavy atom. The van der Waals surface area contributed by atoms with Gasteiger partial charge in [-0.15, -0.1) is 0 Å². The first-order chi connectivity index (χ1) is 15.0. The molecule has 1 aliphatic heterocycles. The summed E-state index contributed by atoms with van der Waals surface area (Å²) in [7, 11) is -3.67. The summed E-state index contributed by atoms with van der Waals surface area (Å²) >= 11 is 0. The highest BCUT2D eigenvalue weighted by Gasteiger charge is 2.65. The summed E-state index contributed by atoms with van der Waals surface area (Å²) < 4.78 is 53.3. The molecule has 0 radical (unpaired) electrons. The molecule has 1 heterocycles. The van der Waals surface area contributed by atoms with Crippen LogP contribution in [0.3, 0.4) is 0 Å². The van der Waals surface area contributed by atoms with Gasteiger partial charge in [0.2, 0.25) is 10.0 Å². The molecule has 4 rings (SSSR count). The molecule has 1 unspecified atom stereocenters. The Labute approximate surface area is 188 Å². The molecule has 0 aromatic heterocycles. The van der Waals surface area contributed by atoms with Crippen LogP contribution in [0, 0.1) is 22.6 Å². The summed E-state index contributed by atoms with van der Waals surface area (Å²) in [5, 5.41) is 0. The zero-order valence-corrected chi connectivity index (χ0v) is 19.5. The van der Waals surface area contributed by atoms with Gasteiger partial charge in [-0.1, -0.05) is 13.8 Å². The monoisotopic (exact) mass is 467 g/mol. The predicted molar refractivity (Wildman–Crippen MR) is 116 cm³/mol. The normalized spacial score (nSPS) is 29.9. The minimum atomic E-state index is -3.67. The molecule has 32 heavy (non-hydrogen) atoms. The van der Waals surface area contributed by atoms with Crippen LogP contribution < -0.4 is 4.74 Å². The first kappa shape index (κ1) is 23.3. The van der Waals surface area contributed by atoms with Gasteiger partial charge in [-0.2, -0.15) is 4.31 Å². The Morgan fingerprint density at radius 1 is 1.34 bits per heavy atom. The molecule has 1 aromatic rings. The van der Waals surface area contributed by atoms with Crippen LogP contribution in [0.2, 0.25) is 0 Å². The number of ketones is 2. The molecule has 0 spiro atoms. The van der Waals surface area contributed by atoms with Crippen molar-refractivity contribution in [1.29, 1.82) is 0 Å². The molecule has 2 saturated carbocycles. The van der Waals surface area contributed by atoms with E-state index in [1.165, 1.54) is 23.4 Å². The van der Waals surface area contributed by atoms with Gasteiger partial charge in [0, 0.05) is 31.0 Å². The molecule has 9 heteroatoms. The summed E-state index contributed by atoms with van der Waals surface area (Å²) in [5.41, 5.74) is -1.14. The maximum atomic E-state index is 14.0. The predicted octanol–water partition coefficient (Wildman–Crippen LogP) is 2.83. The molecular weight excluding hydrogens is 437 g/mol. The third kappa shape index (κ3) is 3.88. The second-order valence-electron chi connectivity index (χ2n) is 9.78. The van der Waals surface area contributed by atoms with Crippen LogP contribution in [-0.2, 0) is 19.6 Å². The molecule has 2 aliphatic carbocycles. The summed E-state index contributed by atoms with van der Waals surface area (Å²) in [5.74, 6) is -0.625. The van der Waals surface area contributed by atoms with E-state index in [4.69, 9.17) is 9.47 Å². The van der Waals surface area contributed by atoms with E-state index in [1.807, 2.05) is 13.8 Å². The van der Waals surface area contributed by atoms with Gasteiger partial charge in [-0.25, -0.2) is 12.8 Å². The van der Waals surface area contributed by atoms with Crippen molar-refractivity contribution in [3.63, 3.8) is 0 Å². The summed E-state index contributed by atoms with van der Waals surface area (Å²) in [6.07, 6.45) is 1.48. The molecule has 7 nitrogen and oxygen atoms in total. The van der Waals surface area contributed by atoms with E-state index >= 15 is 0 Å². The average Bonchev–Trinajstić information content (AvgIpc) is 3.06. The van der Waals surface area contributed by atoms with Crippen molar-refractivity contribution < 1.29 is 31.9 Å². The van der Waals surface area contributed by atoms with Gasteiger partial charge in [0.25, 0.3) is 0 Å². The van der Waals surface area contributed by atoms with E-state index in [-0.39, 0.29) is 66.3 Å². The summed E-state index contributed by atoms with van der Waals surface area (Å²) in [4.78, 5) is 24.1. The van der Waals surface area contributed by atoms with E-state index in [1.54, 1.807) is 0 Å². The SMILES string of the molecule is CC(=O)c1ccc(OCC2CN(S(=O)(=O)C[C@@]34CC[C@@H](CC3=O)C4(C)C)CCO2)cc1F. The lowest BCUT2D eigenvalue weighted by Gasteiger charge is -2.39. The molecule has 1 aromatic carbocycles. The molecule has 0 N–H and O–H groups in total. The summed E-state index contributed by atoms with van der Waals surface area (Å²) in [6, 6.07) is 4.00. The number of nitrogens with zero attached hydrogens (tertiary/aromatic N) is 1. The van der Waals surface area contributed by atoms with E-state index in [0.29, 0.717) is 12.8 Å². The van der Waals surface area contributed by atoms with Gasteiger partial charge < -0.3 is 9.47 Å². The number of sulfonamides is 1. The largest absolute Gasteiger partial charge is 0.491 e. The standard InChI is InChI=1S/C23H30FNO6S/c1-15(26)19-5-4-17(11-20(19)24)31-13-18-12-25(8-9-30-18)32(28,29)14-23-7-6-16(10-21(23)27)22(23,2)3/h4-5,11,16,18H,6-10,12-14H2,1-3H3/t16-,18?,23-/m0/s1. The van der Waals surface area contributed by atoms with E-state index < -0.39 is 27.4 Å². The highest BCUT2D eigenvalue weighted by molar-refractivity contribution is 7.89. The minimum absolute atomic E-state index is 0.0126. The molecule has 0 amide bonds. The Bertz CT molecular complexity index is 1040. The van der Waals surface area contributed by atoms with Crippen LogP contribution in [-0.4, -0.2) is 62.4 Å². The Kier molecular flexibility index (Phi) is 5.96. The minimum Gasteiger partial charge on any atom is -0.491 e. The number of morpholine rings is 1. The van der Waals surface area contributed by atoms with Crippen molar-refractivity contribution in [3.05, 3.63) is 29.6 Å². The van der Waals surface area contributed by atoms with Crippen molar-refractivity contribution in [2.24, 2.45) is 16.7 Å². The van der Waals surface area contributed by atoms with Crippen LogP contribution in [0.25, 0.3) is 0 Å². The molecule has 176 valence electrons. The van der Waals surface area contributed by atoms with Crippen molar-refractivity contribution in [3.8, 4) is 5.75 Å². The first-order valence-electron chi connectivity index (χ1n) is 11.0. The highest BCUT2D eigenvalue weighted by atomic mass is 32.2. The first-order valence-corrected chi connectivity index (χ1v) is 12.6. The van der Waals surface area contributed by atoms with Crippen LogP contribution in [0.4, 0.5) is 4.39 Å². The van der Waals surface area contributed by atoms with E-state index in [0.717, 1.165) is 12.5 Å². The number of rotatable bonds is 7. The number of halogens is 1. The molecule has 3 atom stereocenters. The molecule has 1 saturated heterocycles. The van der Waals surface area contributed by atoms with Crippen LogP contribution >= 0.6 is 0 Å². The van der Waals surface area contributed by atoms with Crippen molar-refractivity contribution in [1.82, 2.24) is 4.31 Å². The molecular formula is C23H30FNO6S. The van der Waals surface area contributed by atoms with Gasteiger partial charge in [-0.05, 0) is 43.2 Å². The number of carbonyl (C=O) groups is 2. The fourth-order valence-electron chi connectivity index (χ4n) is 5.62. The van der Waals surface area contributed by atoms with Gasteiger partial charge in [-0.3, -0.25) is 9.59 Å². The molecule has 2 bridgehead atoms. The lowest BCUT2D eigenvalue weighted by atomic mass is 9.70. The van der Waals surface area contributed by atoms with Gasteiger partial charge in [0.15, 0.2) is 5.78 Å². The second kappa shape index (κ2) is 8.18. The maximum Gasteiger partial charge on any atom is 0.215 e. The number of carbonyl (C=O) groups excluding carboxylic acids is 2. The summed E-state index contributed by atoms with van der Waals surface area (Å²) in [6.45, 7) is 5.95. The second-order valence-corrected chi connectivity index (χ2v) is 11.8. The zero-order valence-electron chi connectivity index (χ0n) is 18.7. The van der Waals surface area contributed by atoms with E-state index in [9.17, 15) is 22.4 Å². The van der Waals surface area contributed by atoms with Gasteiger partial charge in [0.1, 0.15) is 30.1 Å². The Morgan fingerprint density at radius 2 is 2.09 bits per heavy atom. The zero-order chi connectivity index (χ0) is 23.3. The van der Waals surface area contributed by atoms with Crippen LogP contribution in [0.5, 0.6) is 5.75 Å². The van der Waals surface area contributed by atoms with Crippen LogP contribution in [0.15, 0.2) is 18.2 Å². The van der Waals surface area contributed by atoms with Gasteiger partial charge in [0.05, 0.1) is 17.9 Å². The number of fused-ring (bicyclic) bond motifs is 2.